The molecule has 180 valence electrons. The van der Waals surface area contributed by atoms with Crippen LogP contribution >= 0.6 is 11.6 Å². The maximum absolute atomic E-state index is 13.1. The Morgan fingerprint density at radius 1 is 1.03 bits per heavy atom. The standard InChI is InChI=1S/C24H29ClN6O3/c1-3-4-8-12-30-20-19(27-23(25)28-20)22(33)31(24(30)34)14-9-13-29-16(2)26-18(21(29)32)15-17-10-6-5-7-11-17/h5-7,10-11,18,26H,2-4,8-9,12-15H2,1H3,(H,27,28). The van der Waals surface area contributed by atoms with Crippen molar-refractivity contribution in [1.29, 1.82) is 0 Å². The average molecular weight is 485 g/mol. The molecular formula is C24H29ClN6O3. The van der Waals surface area contributed by atoms with Gasteiger partial charge in [0.05, 0.1) is 0 Å². The van der Waals surface area contributed by atoms with E-state index in [1.165, 1.54) is 9.13 Å². The van der Waals surface area contributed by atoms with Crippen LogP contribution in [0.15, 0.2) is 52.3 Å². The molecule has 1 fully saturated rings. The first-order valence-corrected chi connectivity index (χ1v) is 12.0. The van der Waals surface area contributed by atoms with E-state index in [1.54, 1.807) is 4.90 Å². The molecule has 1 aliphatic heterocycles. The van der Waals surface area contributed by atoms with E-state index in [1.807, 2.05) is 30.3 Å². The van der Waals surface area contributed by atoms with Crippen LogP contribution in [0.5, 0.6) is 0 Å². The van der Waals surface area contributed by atoms with E-state index in [-0.39, 0.29) is 34.9 Å². The van der Waals surface area contributed by atoms with Gasteiger partial charge in [0.25, 0.3) is 11.5 Å². The molecule has 3 heterocycles. The Balaban J connectivity index is 1.48. The van der Waals surface area contributed by atoms with Crippen molar-refractivity contribution in [3.05, 3.63) is 74.4 Å². The first-order valence-electron chi connectivity index (χ1n) is 11.6. The minimum atomic E-state index is -0.460. The van der Waals surface area contributed by atoms with Crippen LogP contribution in [0.2, 0.25) is 5.28 Å². The van der Waals surface area contributed by atoms with E-state index in [2.05, 4.69) is 28.8 Å². The molecule has 0 saturated carbocycles. The Morgan fingerprint density at radius 2 is 1.76 bits per heavy atom. The van der Waals surface area contributed by atoms with Gasteiger partial charge in [0.2, 0.25) is 5.28 Å². The quantitative estimate of drug-likeness (QED) is 0.340. The van der Waals surface area contributed by atoms with Crippen LogP contribution in [-0.4, -0.2) is 42.5 Å². The summed E-state index contributed by atoms with van der Waals surface area (Å²) in [6.07, 6.45) is 3.74. The number of benzene rings is 1. The fourth-order valence-corrected chi connectivity index (χ4v) is 4.51. The van der Waals surface area contributed by atoms with E-state index in [4.69, 9.17) is 11.6 Å². The van der Waals surface area contributed by atoms with Gasteiger partial charge in [-0.1, -0.05) is 56.7 Å². The summed E-state index contributed by atoms with van der Waals surface area (Å²) in [6.45, 7) is 7.02. The molecule has 2 aromatic heterocycles. The number of halogens is 1. The summed E-state index contributed by atoms with van der Waals surface area (Å²) < 4.78 is 2.70. The first kappa shape index (κ1) is 23.8. The van der Waals surface area contributed by atoms with Crippen LogP contribution in [0.4, 0.5) is 0 Å². The average Bonchev–Trinajstić information content (AvgIpc) is 3.33. The molecule has 2 N–H and O–H groups in total. The van der Waals surface area contributed by atoms with Crippen molar-refractivity contribution in [2.45, 2.75) is 58.2 Å². The summed E-state index contributed by atoms with van der Waals surface area (Å²) in [5, 5.41) is 3.23. The Labute approximate surface area is 202 Å². The zero-order valence-corrected chi connectivity index (χ0v) is 20.0. The van der Waals surface area contributed by atoms with Crippen LogP contribution in [0, 0.1) is 0 Å². The molecule has 9 nitrogen and oxygen atoms in total. The third-order valence-corrected chi connectivity index (χ3v) is 6.27. The number of imidazole rings is 1. The number of hydrogen-bond acceptors (Lipinski definition) is 5. The summed E-state index contributed by atoms with van der Waals surface area (Å²) >= 11 is 6.00. The summed E-state index contributed by atoms with van der Waals surface area (Å²) in [6, 6.07) is 9.41. The number of nitrogens with one attached hydrogen (secondary N) is 2. The second kappa shape index (κ2) is 10.3. The van der Waals surface area contributed by atoms with Crippen molar-refractivity contribution in [2.75, 3.05) is 6.54 Å². The van der Waals surface area contributed by atoms with Gasteiger partial charge in [-0.2, -0.15) is 4.98 Å². The number of fused-ring (bicyclic) bond motifs is 1. The molecule has 0 bridgehead atoms. The molecule has 1 atom stereocenters. The first-order chi connectivity index (χ1) is 16.4. The van der Waals surface area contributed by atoms with Crippen LogP contribution in [0.3, 0.4) is 0 Å². The number of aromatic nitrogens is 4. The van der Waals surface area contributed by atoms with E-state index < -0.39 is 11.2 Å². The lowest BCUT2D eigenvalue weighted by molar-refractivity contribution is -0.128. The summed E-state index contributed by atoms with van der Waals surface area (Å²) in [5.41, 5.74) is 0.682. The number of aryl methyl sites for hydroxylation is 1. The molecule has 1 amide bonds. The van der Waals surface area contributed by atoms with Gasteiger partial charge >= 0.3 is 5.69 Å². The van der Waals surface area contributed by atoms with E-state index in [0.29, 0.717) is 31.8 Å². The predicted molar refractivity (Wildman–Crippen MR) is 132 cm³/mol. The van der Waals surface area contributed by atoms with E-state index >= 15 is 0 Å². The van der Waals surface area contributed by atoms with Gasteiger partial charge in [-0.25, -0.2) is 4.79 Å². The normalized spacial score (nSPS) is 15.9. The third-order valence-electron chi connectivity index (χ3n) is 6.09. The molecule has 4 rings (SSSR count). The zero-order valence-electron chi connectivity index (χ0n) is 19.2. The number of unbranched alkanes of at least 4 members (excludes halogenated alkanes) is 2. The number of aromatic amines is 1. The van der Waals surface area contributed by atoms with Crippen LogP contribution < -0.4 is 16.6 Å². The molecule has 0 spiro atoms. The number of H-pyrrole nitrogens is 1. The van der Waals surface area contributed by atoms with Gasteiger partial charge in [-0.15, -0.1) is 0 Å². The lowest BCUT2D eigenvalue weighted by Crippen LogP contribution is -2.41. The van der Waals surface area contributed by atoms with Gasteiger partial charge in [0.1, 0.15) is 11.9 Å². The topological polar surface area (TPSA) is 105 Å². The van der Waals surface area contributed by atoms with Crippen molar-refractivity contribution >= 4 is 28.7 Å². The van der Waals surface area contributed by atoms with Crippen LogP contribution in [0.1, 0.15) is 38.2 Å². The fourth-order valence-electron chi connectivity index (χ4n) is 4.34. The highest BCUT2D eigenvalue weighted by molar-refractivity contribution is 6.28. The molecule has 1 aromatic carbocycles. The van der Waals surface area contributed by atoms with Gasteiger partial charge in [-0.05, 0) is 30.0 Å². The summed E-state index contributed by atoms with van der Waals surface area (Å²) in [4.78, 5) is 47.5. The van der Waals surface area contributed by atoms with Crippen LogP contribution in [0.25, 0.3) is 11.2 Å². The lowest BCUT2D eigenvalue weighted by atomic mass is 10.1. The maximum atomic E-state index is 13.1. The SMILES string of the molecule is C=C1NC(Cc2ccccc2)C(=O)N1CCCn1c(=O)c2[nH]c(Cl)nc2n(CCCCC)c1=O. The predicted octanol–water partition coefficient (Wildman–Crippen LogP) is 2.63. The van der Waals surface area contributed by atoms with E-state index in [0.717, 1.165) is 24.8 Å². The van der Waals surface area contributed by atoms with Gasteiger partial charge in [0.15, 0.2) is 11.2 Å². The Bertz CT molecular complexity index is 1310. The Hall–Kier alpha value is -3.33. The second-order valence-electron chi connectivity index (χ2n) is 8.50. The molecule has 0 radical (unpaired) electrons. The van der Waals surface area contributed by atoms with Gasteiger partial charge < -0.3 is 10.3 Å². The molecule has 34 heavy (non-hydrogen) atoms. The van der Waals surface area contributed by atoms with Gasteiger partial charge in [-0.3, -0.25) is 23.6 Å². The van der Waals surface area contributed by atoms with Crippen molar-refractivity contribution in [2.24, 2.45) is 0 Å². The second-order valence-corrected chi connectivity index (χ2v) is 8.86. The molecule has 0 aliphatic carbocycles. The number of rotatable bonds is 10. The number of hydrogen-bond donors (Lipinski definition) is 2. The highest BCUT2D eigenvalue weighted by Crippen LogP contribution is 2.17. The van der Waals surface area contributed by atoms with Crippen molar-refractivity contribution in [1.82, 2.24) is 29.3 Å². The number of carbonyl (C=O) groups is 1. The smallest absolute Gasteiger partial charge is 0.332 e. The third kappa shape index (κ3) is 4.79. The lowest BCUT2D eigenvalue weighted by Gasteiger charge is -2.17. The summed E-state index contributed by atoms with van der Waals surface area (Å²) in [7, 11) is 0. The monoisotopic (exact) mass is 484 g/mol. The number of nitrogens with zero attached hydrogens (tertiary/aromatic N) is 4. The van der Waals surface area contributed by atoms with Gasteiger partial charge in [0, 0.05) is 26.1 Å². The largest absolute Gasteiger partial charge is 0.360 e. The Kier molecular flexibility index (Phi) is 7.21. The molecular weight excluding hydrogens is 456 g/mol. The minimum absolute atomic E-state index is 0.0611. The number of amides is 1. The molecule has 10 heteroatoms. The zero-order chi connectivity index (χ0) is 24.2. The minimum Gasteiger partial charge on any atom is -0.360 e. The molecule has 3 aromatic rings. The highest BCUT2D eigenvalue weighted by Gasteiger charge is 2.33. The van der Waals surface area contributed by atoms with E-state index in [9.17, 15) is 14.4 Å². The van der Waals surface area contributed by atoms with Crippen molar-refractivity contribution in [3.8, 4) is 0 Å². The van der Waals surface area contributed by atoms with Crippen molar-refractivity contribution in [3.63, 3.8) is 0 Å². The van der Waals surface area contributed by atoms with Crippen molar-refractivity contribution < 1.29 is 4.79 Å². The number of carbonyl (C=O) groups excluding carboxylic acids is 1. The highest BCUT2D eigenvalue weighted by atomic mass is 35.5. The molecule has 1 saturated heterocycles. The Morgan fingerprint density at radius 3 is 2.50 bits per heavy atom. The maximum Gasteiger partial charge on any atom is 0.332 e. The molecule has 1 aliphatic rings. The summed E-state index contributed by atoms with van der Waals surface area (Å²) in [5.74, 6) is 0.472. The fraction of sp³-hybridized carbons (Fsp3) is 0.417. The molecule has 1 unspecified atom stereocenters. The van der Waals surface area contributed by atoms with Crippen LogP contribution in [-0.2, 0) is 24.3 Å².